The van der Waals surface area contributed by atoms with Crippen molar-refractivity contribution in [3.63, 3.8) is 0 Å². The minimum atomic E-state index is -0.491. The van der Waals surface area contributed by atoms with Gasteiger partial charge in [-0.25, -0.2) is 9.37 Å². The van der Waals surface area contributed by atoms with Crippen LogP contribution in [0.4, 0.5) is 10.2 Å². The van der Waals surface area contributed by atoms with Crippen LogP contribution in [0.25, 0.3) is 0 Å². The summed E-state index contributed by atoms with van der Waals surface area (Å²) in [6.07, 6.45) is 3.89. The average Bonchev–Trinajstić information content (AvgIpc) is 2.95. The molecule has 1 amide bonds. The number of halogens is 4. The van der Waals surface area contributed by atoms with Crippen molar-refractivity contribution in [3.8, 4) is 0 Å². The van der Waals surface area contributed by atoms with E-state index in [1.807, 2.05) is 12.1 Å². The van der Waals surface area contributed by atoms with E-state index >= 15 is 0 Å². The van der Waals surface area contributed by atoms with Crippen molar-refractivity contribution in [3.05, 3.63) is 92.3 Å². The number of piperazine rings is 1. The zero-order valence-electron chi connectivity index (χ0n) is 21.6. The largest absolute Gasteiger partial charge is 0.353 e. The van der Waals surface area contributed by atoms with Gasteiger partial charge < -0.3 is 10.2 Å². The summed E-state index contributed by atoms with van der Waals surface area (Å²) in [7, 11) is 0. The fraction of sp³-hybridized carbons (Fsp3) is 0.379. The first-order chi connectivity index (χ1) is 18.9. The molecule has 6 nitrogen and oxygen atoms in total. The smallest absolute Gasteiger partial charge is 0.253 e. The van der Waals surface area contributed by atoms with E-state index in [1.54, 1.807) is 18.3 Å². The molecule has 2 saturated heterocycles. The van der Waals surface area contributed by atoms with Crippen molar-refractivity contribution in [2.75, 3.05) is 44.2 Å². The molecule has 3 aromatic rings. The van der Waals surface area contributed by atoms with Crippen LogP contribution in [0.3, 0.4) is 0 Å². The van der Waals surface area contributed by atoms with Crippen molar-refractivity contribution in [1.29, 1.82) is 0 Å². The highest BCUT2D eigenvalue weighted by Gasteiger charge is 2.28. The number of anilines is 1. The van der Waals surface area contributed by atoms with E-state index in [0.29, 0.717) is 28.0 Å². The van der Waals surface area contributed by atoms with E-state index < -0.39 is 5.82 Å². The molecule has 10 heteroatoms. The van der Waals surface area contributed by atoms with E-state index in [2.05, 4.69) is 37.1 Å². The number of aromatic nitrogens is 1. The van der Waals surface area contributed by atoms with Gasteiger partial charge in [-0.05, 0) is 67.4 Å². The number of carbonyl (C=O) groups is 1. The molecule has 2 aromatic carbocycles. The summed E-state index contributed by atoms with van der Waals surface area (Å²) in [5, 5.41) is 4.06. The van der Waals surface area contributed by atoms with Crippen LogP contribution in [-0.2, 0) is 13.1 Å². The van der Waals surface area contributed by atoms with Gasteiger partial charge in [0.2, 0.25) is 0 Å². The van der Waals surface area contributed by atoms with Crippen LogP contribution in [0.5, 0.6) is 0 Å². The predicted octanol–water partition coefficient (Wildman–Crippen LogP) is 5.90. The monoisotopic (exact) mass is 589 g/mol. The van der Waals surface area contributed by atoms with Crippen LogP contribution in [-0.4, -0.2) is 66.0 Å². The molecule has 0 unspecified atom stereocenters. The Morgan fingerprint density at radius 1 is 0.897 bits per heavy atom. The minimum Gasteiger partial charge on any atom is -0.353 e. The maximum absolute atomic E-state index is 13.4. The number of hydrogen-bond acceptors (Lipinski definition) is 5. The van der Waals surface area contributed by atoms with Gasteiger partial charge in [0.05, 0.1) is 15.6 Å². The fourth-order valence-electron chi connectivity index (χ4n) is 5.31. The third kappa shape index (κ3) is 7.21. The molecule has 2 fully saturated rings. The molecule has 2 aliphatic rings. The number of piperidine rings is 1. The summed E-state index contributed by atoms with van der Waals surface area (Å²) in [5.41, 5.74) is 2.38. The summed E-state index contributed by atoms with van der Waals surface area (Å²) < 4.78 is 13.4. The third-order valence-electron chi connectivity index (χ3n) is 7.53. The Labute approximate surface area is 243 Å². The highest BCUT2D eigenvalue weighted by atomic mass is 35.5. The second-order valence-electron chi connectivity index (χ2n) is 10.1. The predicted molar refractivity (Wildman–Crippen MR) is 155 cm³/mol. The van der Waals surface area contributed by atoms with Crippen LogP contribution < -0.4 is 10.2 Å². The molecule has 0 radical (unpaired) electrons. The summed E-state index contributed by atoms with van der Waals surface area (Å²) in [5.74, 6) is -0.0886. The Hall–Kier alpha value is -2.42. The molecule has 0 spiro atoms. The maximum Gasteiger partial charge on any atom is 0.253 e. The molecule has 0 bridgehead atoms. The van der Waals surface area contributed by atoms with Crippen molar-refractivity contribution >= 4 is 46.5 Å². The molecule has 5 rings (SSSR count). The molecule has 0 atom stereocenters. The highest BCUT2D eigenvalue weighted by molar-refractivity contribution is 6.33. The third-order valence-corrected chi connectivity index (χ3v) is 8.35. The molecule has 1 N–H and O–H groups in total. The van der Waals surface area contributed by atoms with Crippen molar-refractivity contribution in [2.24, 2.45) is 0 Å². The van der Waals surface area contributed by atoms with Gasteiger partial charge in [-0.3, -0.25) is 14.6 Å². The standard InChI is InChI=1S/C29H31Cl3FN5O/c30-23-4-1-20(2-5-23)19-36-9-7-24(8-10-36)37-11-13-38(14-12-37)28-26(32)16-22(18-34-28)29(39)35-17-21-3-6-27(33)25(31)15-21/h1-6,15-16,18,24H,7-14,17,19H2,(H,35,39). The summed E-state index contributed by atoms with van der Waals surface area (Å²) in [6, 6.07) is 14.7. The summed E-state index contributed by atoms with van der Waals surface area (Å²) in [6.45, 7) is 6.99. The lowest BCUT2D eigenvalue weighted by Gasteiger charge is -2.43. The number of nitrogens with one attached hydrogen (secondary N) is 1. The SMILES string of the molecule is O=C(NCc1ccc(F)c(Cl)c1)c1cnc(N2CCN(C3CCN(Cc4ccc(Cl)cc4)CC3)CC2)c(Cl)c1. The summed E-state index contributed by atoms with van der Waals surface area (Å²) in [4.78, 5) is 24.4. The van der Waals surface area contributed by atoms with Gasteiger partial charge >= 0.3 is 0 Å². The first kappa shape index (κ1) is 28.1. The topological polar surface area (TPSA) is 51.7 Å². The summed E-state index contributed by atoms with van der Waals surface area (Å²) >= 11 is 18.4. The Morgan fingerprint density at radius 3 is 2.26 bits per heavy atom. The Morgan fingerprint density at radius 2 is 1.59 bits per heavy atom. The van der Waals surface area contributed by atoms with Crippen LogP contribution in [0.2, 0.25) is 15.1 Å². The Kier molecular flexibility index (Phi) is 9.25. The van der Waals surface area contributed by atoms with Crippen LogP contribution >= 0.6 is 34.8 Å². The van der Waals surface area contributed by atoms with Crippen LogP contribution in [0, 0.1) is 5.82 Å². The number of hydrogen-bond donors (Lipinski definition) is 1. The number of rotatable bonds is 7. The first-order valence-electron chi connectivity index (χ1n) is 13.2. The van der Waals surface area contributed by atoms with E-state index in [9.17, 15) is 9.18 Å². The van der Waals surface area contributed by atoms with E-state index in [4.69, 9.17) is 34.8 Å². The van der Waals surface area contributed by atoms with Gasteiger partial charge in [0.25, 0.3) is 5.91 Å². The van der Waals surface area contributed by atoms with E-state index in [1.165, 1.54) is 30.5 Å². The van der Waals surface area contributed by atoms with Gasteiger partial charge in [-0.1, -0.05) is 53.0 Å². The van der Waals surface area contributed by atoms with Gasteiger partial charge in [0.1, 0.15) is 11.6 Å². The van der Waals surface area contributed by atoms with Crippen molar-refractivity contribution in [2.45, 2.75) is 32.0 Å². The van der Waals surface area contributed by atoms with Gasteiger partial charge in [-0.2, -0.15) is 0 Å². The van der Waals surface area contributed by atoms with Crippen LogP contribution in [0.1, 0.15) is 34.3 Å². The number of amides is 1. The number of carbonyl (C=O) groups excluding carboxylic acids is 1. The number of likely N-dealkylation sites (tertiary alicyclic amines) is 1. The van der Waals surface area contributed by atoms with Gasteiger partial charge in [0.15, 0.2) is 0 Å². The molecule has 0 aliphatic carbocycles. The van der Waals surface area contributed by atoms with E-state index in [0.717, 1.165) is 50.8 Å². The minimum absolute atomic E-state index is 0.0236. The van der Waals surface area contributed by atoms with Crippen molar-refractivity contribution < 1.29 is 9.18 Å². The molecule has 39 heavy (non-hydrogen) atoms. The number of nitrogens with zero attached hydrogens (tertiary/aromatic N) is 4. The molecular formula is C29H31Cl3FN5O. The zero-order chi connectivity index (χ0) is 27.4. The molecule has 1 aromatic heterocycles. The van der Waals surface area contributed by atoms with Crippen molar-refractivity contribution in [1.82, 2.24) is 20.1 Å². The fourth-order valence-corrected chi connectivity index (χ4v) is 5.93. The first-order valence-corrected chi connectivity index (χ1v) is 14.3. The normalized spacial score (nSPS) is 17.4. The number of pyridine rings is 1. The highest BCUT2D eigenvalue weighted by Crippen LogP contribution is 2.27. The molecule has 206 valence electrons. The van der Waals surface area contributed by atoms with Gasteiger partial charge in [-0.15, -0.1) is 0 Å². The quantitative estimate of drug-likeness (QED) is 0.372. The Balaban J connectivity index is 1.08. The Bertz CT molecular complexity index is 1290. The average molecular weight is 591 g/mol. The van der Waals surface area contributed by atoms with E-state index in [-0.39, 0.29) is 17.5 Å². The second-order valence-corrected chi connectivity index (χ2v) is 11.4. The molecule has 0 saturated carbocycles. The van der Waals surface area contributed by atoms with Gasteiger partial charge in [0, 0.05) is 56.5 Å². The molecule has 3 heterocycles. The second kappa shape index (κ2) is 12.8. The lowest BCUT2D eigenvalue weighted by molar-refractivity contribution is 0.0950. The lowest BCUT2D eigenvalue weighted by atomic mass is 10.0. The molecule has 2 aliphatic heterocycles. The zero-order valence-corrected chi connectivity index (χ0v) is 23.8. The van der Waals surface area contributed by atoms with Crippen LogP contribution in [0.15, 0.2) is 54.7 Å². The number of benzene rings is 2. The lowest BCUT2D eigenvalue weighted by Crippen LogP contribution is -2.53. The molecular weight excluding hydrogens is 560 g/mol. The maximum atomic E-state index is 13.4.